The second kappa shape index (κ2) is 21.6. The second-order valence-electron chi connectivity index (χ2n) is 10.4. The molecule has 0 atom stereocenters. The molecule has 4 N–H and O–H groups in total. The van der Waals surface area contributed by atoms with Crippen molar-refractivity contribution in [2.75, 3.05) is 16.0 Å². The van der Waals surface area contributed by atoms with Crippen molar-refractivity contribution in [3.8, 4) is 5.75 Å². The first-order chi connectivity index (χ1) is 26.0. The molecule has 0 bridgehead atoms. The molecule has 0 spiro atoms. The Balaban J connectivity index is 0.00000300. The Bertz CT molecular complexity index is 2720. The molecular formula is C28H15Cl3N11Na3O10S3. The third-order valence-corrected chi connectivity index (χ3v) is 9.61. The summed E-state index contributed by atoms with van der Waals surface area (Å²) >= 11 is 18.1. The van der Waals surface area contributed by atoms with E-state index in [1.807, 2.05) is 0 Å². The Morgan fingerprint density at radius 1 is 0.672 bits per heavy atom. The molecule has 2 heterocycles. The number of fused-ring (bicyclic) bond motifs is 1. The van der Waals surface area contributed by atoms with Gasteiger partial charge < -0.3 is 35.4 Å². The third-order valence-electron chi connectivity index (χ3n) is 6.77. The van der Waals surface area contributed by atoms with Crippen LogP contribution in [0.25, 0.3) is 10.8 Å². The molecule has 0 fully saturated rings. The molecule has 58 heavy (non-hydrogen) atoms. The average molecular weight is 937 g/mol. The second-order valence-corrected chi connectivity index (χ2v) is 14.9. The van der Waals surface area contributed by atoms with Crippen LogP contribution in [-0.4, -0.2) is 61.0 Å². The molecule has 284 valence electrons. The number of halogens is 3. The topological polar surface area (TPSA) is 314 Å². The van der Waals surface area contributed by atoms with Crippen molar-refractivity contribution in [3.05, 3.63) is 82.6 Å². The van der Waals surface area contributed by atoms with Crippen molar-refractivity contribution in [1.82, 2.24) is 29.9 Å². The van der Waals surface area contributed by atoms with E-state index in [4.69, 9.17) is 34.8 Å². The molecule has 2 aromatic heterocycles. The minimum atomic E-state index is -5.16. The number of rotatable bonds is 13. The van der Waals surface area contributed by atoms with Crippen LogP contribution in [0.2, 0.25) is 15.9 Å². The molecule has 6 rings (SSSR count). The van der Waals surface area contributed by atoms with Gasteiger partial charge in [-0.3, -0.25) is 5.04 Å². The van der Waals surface area contributed by atoms with Gasteiger partial charge in [0.05, 0.1) is 26.7 Å². The Labute approximate surface area is 412 Å². The van der Waals surface area contributed by atoms with Crippen molar-refractivity contribution in [3.63, 3.8) is 0 Å². The molecule has 6 aromatic rings. The summed E-state index contributed by atoms with van der Waals surface area (Å²) in [7, 11) is -9.92. The Kier molecular flexibility index (Phi) is 18.7. The van der Waals surface area contributed by atoms with Crippen molar-refractivity contribution in [2.24, 2.45) is 10.2 Å². The number of hydrogen-bond donors (Lipinski definition) is 4. The number of azo groups is 1. The van der Waals surface area contributed by atoms with Gasteiger partial charge in [-0.2, -0.15) is 34.2 Å². The summed E-state index contributed by atoms with van der Waals surface area (Å²) in [4.78, 5) is 22.1. The van der Waals surface area contributed by atoms with Crippen LogP contribution in [0.3, 0.4) is 0 Å². The Morgan fingerprint density at radius 2 is 1.22 bits per heavy atom. The Morgan fingerprint density at radius 3 is 1.81 bits per heavy atom. The molecule has 21 nitrogen and oxygen atoms in total. The molecule has 4 aromatic carbocycles. The van der Waals surface area contributed by atoms with E-state index in [0.717, 1.165) is 24.3 Å². The monoisotopic (exact) mass is 935 g/mol. The SMILES string of the molecule is O=S(=O)([O-])c1cccc(Nc2nc(Cl)nc(Nc3ccc(S(=O)(=O)[O-])c(N=Nc4c(SOO[O-])cc5cc(Nc6nc(Cl)nc(Cl)n6)ccc5c4O)c3)n2)c1.[Na+].[Na+].[Na+]. The van der Waals surface area contributed by atoms with Gasteiger partial charge in [0.15, 0.2) is 5.75 Å². The maximum absolute atomic E-state index is 12.2. The van der Waals surface area contributed by atoms with Crippen LogP contribution >= 0.6 is 46.8 Å². The maximum Gasteiger partial charge on any atom is 1.00 e. The van der Waals surface area contributed by atoms with Gasteiger partial charge in [-0.15, -0.1) is 10.2 Å². The first kappa shape index (κ1) is 50.2. The van der Waals surface area contributed by atoms with Crippen LogP contribution in [0.5, 0.6) is 5.75 Å². The average Bonchev–Trinajstić information content (AvgIpc) is 3.09. The predicted octanol–water partition coefficient (Wildman–Crippen LogP) is -3.43. The summed E-state index contributed by atoms with van der Waals surface area (Å²) in [5.41, 5.74) is -0.271. The number of phenolic OH excluding ortho intramolecular Hbond substituents is 1. The van der Waals surface area contributed by atoms with Gasteiger partial charge >= 0.3 is 88.7 Å². The number of nitrogens with zero attached hydrogens (tertiary/aromatic N) is 8. The van der Waals surface area contributed by atoms with Gasteiger partial charge in [0.25, 0.3) is 0 Å². The first-order valence-electron chi connectivity index (χ1n) is 14.4. The van der Waals surface area contributed by atoms with Crippen LogP contribution in [0.15, 0.2) is 91.6 Å². The van der Waals surface area contributed by atoms with Gasteiger partial charge in [0.1, 0.15) is 31.6 Å². The molecule has 0 aliphatic carbocycles. The van der Waals surface area contributed by atoms with Crippen LogP contribution in [-0.2, 0) is 29.6 Å². The molecule has 0 radical (unpaired) electrons. The third kappa shape index (κ3) is 13.2. The van der Waals surface area contributed by atoms with Gasteiger partial charge in [0, 0.05) is 22.4 Å². The van der Waals surface area contributed by atoms with Gasteiger partial charge in [-0.05, 0) is 101 Å². The summed E-state index contributed by atoms with van der Waals surface area (Å²) in [5, 5.41) is 41.5. The number of hydrogen-bond acceptors (Lipinski definition) is 22. The molecule has 0 unspecified atom stereocenters. The molecule has 0 aliphatic heterocycles. The molecular weight excluding hydrogens is 922 g/mol. The molecule has 0 aliphatic rings. The van der Waals surface area contributed by atoms with Crippen LogP contribution < -0.4 is 110 Å². The maximum atomic E-state index is 12.2. The number of phenols is 1. The van der Waals surface area contributed by atoms with Crippen LogP contribution in [0.1, 0.15) is 0 Å². The zero-order chi connectivity index (χ0) is 39.5. The van der Waals surface area contributed by atoms with Gasteiger partial charge in [-0.25, -0.2) is 16.8 Å². The summed E-state index contributed by atoms with van der Waals surface area (Å²) < 4.78 is 75.3. The molecule has 0 saturated heterocycles. The fraction of sp³-hybridized carbons (Fsp3) is 0. The molecule has 0 saturated carbocycles. The first-order valence-corrected chi connectivity index (χ1v) is 19.1. The zero-order valence-electron chi connectivity index (χ0n) is 29.4. The Hall–Kier alpha value is -2.12. The van der Waals surface area contributed by atoms with Gasteiger partial charge in [-0.1, -0.05) is 6.07 Å². The number of aromatic nitrogens is 6. The van der Waals surface area contributed by atoms with E-state index in [9.17, 15) is 36.3 Å². The van der Waals surface area contributed by atoms with E-state index in [1.165, 1.54) is 36.4 Å². The summed E-state index contributed by atoms with van der Waals surface area (Å²) in [6.07, 6.45) is 0. The molecule has 0 amide bonds. The minimum Gasteiger partial charge on any atom is -0.744 e. The fourth-order valence-corrected chi connectivity index (χ4v) is 6.71. The largest absolute Gasteiger partial charge is 1.00 e. The van der Waals surface area contributed by atoms with E-state index in [2.05, 4.69) is 65.5 Å². The van der Waals surface area contributed by atoms with E-state index in [1.54, 1.807) is 6.07 Å². The van der Waals surface area contributed by atoms with Crippen molar-refractivity contribution < 1.29 is 134 Å². The van der Waals surface area contributed by atoms with E-state index >= 15 is 0 Å². The van der Waals surface area contributed by atoms with Crippen molar-refractivity contribution in [1.29, 1.82) is 0 Å². The van der Waals surface area contributed by atoms with Gasteiger partial charge in [0.2, 0.25) is 33.7 Å². The van der Waals surface area contributed by atoms with E-state index in [0.29, 0.717) is 23.1 Å². The number of benzene rings is 4. The van der Waals surface area contributed by atoms with Crippen molar-refractivity contribution >= 4 is 124 Å². The van der Waals surface area contributed by atoms with Crippen LogP contribution in [0.4, 0.5) is 46.3 Å². The smallest absolute Gasteiger partial charge is 0.744 e. The number of anilines is 6. The summed E-state index contributed by atoms with van der Waals surface area (Å²) in [6, 6.07) is 14.0. The number of nitrogens with one attached hydrogen (secondary N) is 3. The molecule has 30 heteroatoms. The standard InChI is InChI=1S/C28H18Cl3N11O10S3.3Na/c29-23-35-24(30)37-26(36-23)33-14-4-6-17-12(8-14)9-19(53-52-51-44)21(22(17)43)42-41-18-11-15(5-7-20(18)55(48,49)50)34-28-39-25(31)38-27(40-28)32-13-2-1-3-16(10-13)54(45,46)47;;;/h1-11,43-44H,(H,45,46,47)(H,48,49,50)(H,33,35,36,37)(H2,32,34,38,39,40);;;/q;3*+1/p-3. The van der Waals surface area contributed by atoms with E-state index < -0.39 is 41.5 Å². The summed E-state index contributed by atoms with van der Waals surface area (Å²) in [6.45, 7) is 0. The van der Waals surface area contributed by atoms with Crippen LogP contribution in [0, 0.1) is 0 Å². The van der Waals surface area contributed by atoms with Crippen molar-refractivity contribution in [2.45, 2.75) is 14.7 Å². The number of aromatic hydroxyl groups is 1. The summed E-state index contributed by atoms with van der Waals surface area (Å²) in [5.74, 6) is -0.901. The normalized spacial score (nSPS) is 11.3. The van der Waals surface area contributed by atoms with E-state index in [-0.39, 0.29) is 150 Å². The fourth-order valence-electron chi connectivity index (χ4n) is 4.59. The predicted molar refractivity (Wildman–Crippen MR) is 191 cm³/mol. The zero-order valence-corrected chi connectivity index (χ0v) is 40.1. The quantitative estimate of drug-likeness (QED) is 0.0219. The minimum absolute atomic E-state index is 0.